The highest BCUT2D eigenvalue weighted by molar-refractivity contribution is 6.15. The Balaban J connectivity index is 1.83. The number of primary amides is 1. The zero-order valence-electron chi connectivity index (χ0n) is 17.6. The SMILES string of the molecule is CCCCN1C(=O)[C@@H]2[C@H](CCC(N)=O)N[C@@]3(C(=O)Nc4c3ccc(C)c4C)[C@@H]2C1=O. The average Bonchev–Trinajstić information content (AvgIpc) is 3.27. The molecule has 4 amide bonds. The lowest BCUT2D eigenvalue weighted by atomic mass is 9.76. The first kappa shape index (κ1) is 20.5. The van der Waals surface area contributed by atoms with Crippen molar-refractivity contribution < 1.29 is 19.2 Å². The van der Waals surface area contributed by atoms with E-state index in [9.17, 15) is 19.2 Å². The molecule has 2 saturated heterocycles. The normalized spacial score (nSPS) is 29.5. The van der Waals surface area contributed by atoms with E-state index in [0.717, 1.165) is 17.5 Å². The Bertz CT molecular complexity index is 959. The summed E-state index contributed by atoms with van der Waals surface area (Å²) in [4.78, 5) is 52.8. The topological polar surface area (TPSA) is 122 Å². The highest BCUT2D eigenvalue weighted by Crippen LogP contribution is 2.54. The van der Waals surface area contributed by atoms with Crippen LogP contribution in [0.4, 0.5) is 5.69 Å². The van der Waals surface area contributed by atoms with Crippen LogP contribution in [-0.4, -0.2) is 41.1 Å². The molecule has 0 aromatic heterocycles. The minimum atomic E-state index is -1.31. The van der Waals surface area contributed by atoms with Crippen molar-refractivity contribution in [1.82, 2.24) is 10.2 Å². The second-order valence-corrected chi connectivity index (χ2v) is 8.63. The Hall–Kier alpha value is -2.74. The number of imide groups is 1. The van der Waals surface area contributed by atoms with Crippen molar-refractivity contribution in [3.8, 4) is 0 Å². The first-order valence-electron chi connectivity index (χ1n) is 10.6. The van der Waals surface area contributed by atoms with Crippen molar-refractivity contribution >= 4 is 29.3 Å². The van der Waals surface area contributed by atoms with E-state index < -0.39 is 29.3 Å². The van der Waals surface area contributed by atoms with Gasteiger partial charge < -0.3 is 11.1 Å². The standard InChI is InChI=1S/C22H28N4O4/c1-4-5-10-26-19(28)16-14(8-9-15(23)27)25-22(17(16)20(26)29)13-7-6-11(2)12(3)18(13)24-21(22)30/h6-7,14,16-17,25H,4-5,8-10H2,1-3H3,(H2,23,27)(H,24,30)/t14-,16+,17-,22+/m0/s1. The number of unbranched alkanes of at least 4 members (excludes halogenated alkanes) is 1. The predicted molar refractivity (Wildman–Crippen MR) is 110 cm³/mol. The molecule has 4 N–H and O–H groups in total. The lowest BCUT2D eigenvalue weighted by Gasteiger charge is -2.29. The Morgan fingerprint density at radius 1 is 1.20 bits per heavy atom. The molecule has 3 heterocycles. The minimum Gasteiger partial charge on any atom is -0.370 e. The van der Waals surface area contributed by atoms with Crippen LogP contribution in [0.15, 0.2) is 12.1 Å². The van der Waals surface area contributed by atoms with Gasteiger partial charge in [-0.15, -0.1) is 0 Å². The van der Waals surface area contributed by atoms with E-state index in [1.54, 1.807) is 0 Å². The van der Waals surface area contributed by atoms with Gasteiger partial charge in [0.2, 0.25) is 23.6 Å². The van der Waals surface area contributed by atoms with Crippen LogP contribution in [0.5, 0.6) is 0 Å². The number of fused-ring (bicyclic) bond motifs is 4. The molecule has 0 saturated carbocycles. The number of benzene rings is 1. The fourth-order valence-electron chi connectivity index (χ4n) is 5.26. The maximum atomic E-state index is 13.4. The number of hydrogen-bond donors (Lipinski definition) is 3. The second kappa shape index (κ2) is 7.19. The fourth-order valence-corrected chi connectivity index (χ4v) is 5.26. The van der Waals surface area contributed by atoms with Gasteiger partial charge in [0.25, 0.3) is 0 Å². The van der Waals surface area contributed by atoms with E-state index in [1.807, 2.05) is 32.9 Å². The van der Waals surface area contributed by atoms with Crippen LogP contribution < -0.4 is 16.4 Å². The third kappa shape index (κ3) is 2.70. The van der Waals surface area contributed by atoms with Gasteiger partial charge in [0.05, 0.1) is 11.8 Å². The highest BCUT2D eigenvalue weighted by atomic mass is 16.2. The molecule has 8 heteroatoms. The number of anilines is 1. The van der Waals surface area contributed by atoms with Gasteiger partial charge >= 0.3 is 0 Å². The Morgan fingerprint density at radius 3 is 2.60 bits per heavy atom. The monoisotopic (exact) mass is 412 g/mol. The lowest BCUT2D eigenvalue weighted by molar-refractivity contribution is -0.143. The van der Waals surface area contributed by atoms with Gasteiger partial charge in [-0.25, -0.2) is 0 Å². The quantitative estimate of drug-likeness (QED) is 0.604. The zero-order chi connectivity index (χ0) is 21.8. The third-order valence-electron chi connectivity index (χ3n) is 6.95. The first-order valence-corrected chi connectivity index (χ1v) is 10.6. The summed E-state index contributed by atoms with van der Waals surface area (Å²) in [5.74, 6) is -2.89. The Kier molecular flexibility index (Phi) is 4.92. The molecule has 30 heavy (non-hydrogen) atoms. The average molecular weight is 412 g/mol. The van der Waals surface area contributed by atoms with Gasteiger partial charge in [0.15, 0.2) is 0 Å². The first-order chi connectivity index (χ1) is 14.2. The molecule has 1 spiro atoms. The van der Waals surface area contributed by atoms with Gasteiger partial charge in [0.1, 0.15) is 5.54 Å². The molecular weight excluding hydrogens is 384 g/mol. The predicted octanol–water partition coefficient (Wildman–Crippen LogP) is 1.09. The minimum absolute atomic E-state index is 0.0782. The maximum absolute atomic E-state index is 13.4. The number of nitrogens with one attached hydrogen (secondary N) is 2. The van der Waals surface area contributed by atoms with Gasteiger partial charge in [-0.3, -0.25) is 29.4 Å². The van der Waals surface area contributed by atoms with E-state index in [-0.39, 0.29) is 24.1 Å². The molecule has 1 aromatic carbocycles. The molecule has 0 bridgehead atoms. The molecule has 8 nitrogen and oxygen atoms in total. The number of carbonyl (C=O) groups excluding carboxylic acids is 4. The smallest absolute Gasteiger partial charge is 0.250 e. The molecule has 0 aliphatic carbocycles. The molecule has 1 aromatic rings. The number of aryl methyl sites for hydroxylation is 1. The number of nitrogens with two attached hydrogens (primary N) is 1. The number of likely N-dealkylation sites (tertiary alicyclic amines) is 1. The number of amides is 4. The molecule has 160 valence electrons. The van der Waals surface area contributed by atoms with Crippen LogP contribution >= 0.6 is 0 Å². The van der Waals surface area contributed by atoms with Crippen LogP contribution in [0.1, 0.15) is 49.3 Å². The van der Waals surface area contributed by atoms with E-state index in [4.69, 9.17) is 5.73 Å². The summed E-state index contributed by atoms with van der Waals surface area (Å²) in [5.41, 5.74) is 7.40. The zero-order valence-corrected chi connectivity index (χ0v) is 17.6. The van der Waals surface area contributed by atoms with E-state index in [2.05, 4.69) is 10.6 Å². The van der Waals surface area contributed by atoms with E-state index >= 15 is 0 Å². The molecule has 4 atom stereocenters. The van der Waals surface area contributed by atoms with Crippen molar-refractivity contribution in [2.24, 2.45) is 17.6 Å². The van der Waals surface area contributed by atoms with Gasteiger partial charge in [0, 0.05) is 30.3 Å². The third-order valence-corrected chi connectivity index (χ3v) is 6.95. The molecule has 0 unspecified atom stereocenters. The lowest BCUT2D eigenvalue weighted by Crippen LogP contribution is -2.53. The van der Waals surface area contributed by atoms with Crippen LogP contribution in [-0.2, 0) is 24.7 Å². The molecule has 3 aliphatic heterocycles. The van der Waals surface area contributed by atoms with Crippen LogP contribution in [0, 0.1) is 25.7 Å². The van der Waals surface area contributed by atoms with Crippen LogP contribution in [0.3, 0.4) is 0 Å². The van der Waals surface area contributed by atoms with E-state index in [1.165, 1.54) is 4.90 Å². The molecule has 3 aliphatic rings. The van der Waals surface area contributed by atoms with Crippen molar-refractivity contribution in [2.45, 2.75) is 58.0 Å². The number of nitrogens with zero attached hydrogens (tertiary/aromatic N) is 1. The summed E-state index contributed by atoms with van der Waals surface area (Å²) in [6.45, 7) is 6.24. The molecule has 0 radical (unpaired) electrons. The second-order valence-electron chi connectivity index (χ2n) is 8.63. The summed E-state index contributed by atoms with van der Waals surface area (Å²) in [6.07, 6.45) is 1.94. The largest absolute Gasteiger partial charge is 0.370 e. The number of rotatable bonds is 6. The van der Waals surface area contributed by atoms with Crippen molar-refractivity contribution in [3.63, 3.8) is 0 Å². The van der Waals surface area contributed by atoms with Gasteiger partial charge in [-0.2, -0.15) is 0 Å². The Labute approximate surface area is 175 Å². The summed E-state index contributed by atoms with van der Waals surface area (Å²) in [5, 5.41) is 6.28. The van der Waals surface area contributed by atoms with Crippen LogP contribution in [0.25, 0.3) is 0 Å². The van der Waals surface area contributed by atoms with Gasteiger partial charge in [-0.05, 0) is 37.8 Å². The van der Waals surface area contributed by atoms with E-state index in [0.29, 0.717) is 30.6 Å². The summed E-state index contributed by atoms with van der Waals surface area (Å²) in [7, 11) is 0. The Morgan fingerprint density at radius 2 is 1.93 bits per heavy atom. The summed E-state index contributed by atoms with van der Waals surface area (Å²) < 4.78 is 0. The number of hydrogen-bond acceptors (Lipinski definition) is 5. The van der Waals surface area contributed by atoms with Crippen molar-refractivity contribution in [3.05, 3.63) is 28.8 Å². The maximum Gasteiger partial charge on any atom is 0.250 e. The van der Waals surface area contributed by atoms with Crippen LogP contribution in [0.2, 0.25) is 0 Å². The highest BCUT2D eigenvalue weighted by Gasteiger charge is 2.70. The van der Waals surface area contributed by atoms with Crippen molar-refractivity contribution in [1.29, 1.82) is 0 Å². The van der Waals surface area contributed by atoms with Crippen molar-refractivity contribution in [2.75, 3.05) is 11.9 Å². The summed E-state index contributed by atoms with van der Waals surface area (Å²) >= 11 is 0. The molecular formula is C22H28N4O4. The molecule has 4 rings (SSSR count). The fraction of sp³-hybridized carbons (Fsp3) is 0.545. The summed E-state index contributed by atoms with van der Waals surface area (Å²) in [6, 6.07) is 3.31. The number of carbonyl (C=O) groups is 4. The molecule has 2 fully saturated rings. The van der Waals surface area contributed by atoms with Gasteiger partial charge in [-0.1, -0.05) is 25.5 Å².